The van der Waals surface area contributed by atoms with Crippen LogP contribution >= 0.6 is 0 Å². The molecule has 0 amide bonds. The second kappa shape index (κ2) is 19.0. The van der Waals surface area contributed by atoms with Gasteiger partial charge in [0.05, 0.1) is 0 Å². The number of carbonyl (C=O) groups is 1. The molecular formula is C16H35NO. The smallest absolute Gasteiger partial charge is 0.119 e. The first-order chi connectivity index (χ1) is 8.76. The van der Waals surface area contributed by atoms with Crippen LogP contribution in [0.5, 0.6) is 0 Å². The first-order valence-electron chi connectivity index (χ1n) is 7.92. The van der Waals surface area contributed by atoms with Gasteiger partial charge < -0.3 is 9.69 Å². The van der Waals surface area contributed by atoms with Gasteiger partial charge in [-0.05, 0) is 45.3 Å². The maximum atomic E-state index is 9.40. The average Bonchev–Trinajstić information content (AvgIpc) is 2.39. The Morgan fingerprint density at radius 1 is 0.722 bits per heavy atom. The Balaban J connectivity index is 0. The topological polar surface area (TPSA) is 20.3 Å². The summed E-state index contributed by atoms with van der Waals surface area (Å²) in [4.78, 5) is 12.0. The molecule has 0 heterocycles. The molecular weight excluding hydrogens is 222 g/mol. The van der Waals surface area contributed by atoms with Crippen molar-refractivity contribution >= 4 is 6.29 Å². The predicted octanol–water partition coefficient (Wildman–Crippen LogP) is 4.67. The zero-order valence-electron chi connectivity index (χ0n) is 13.2. The van der Waals surface area contributed by atoms with Gasteiger partial charge in [0.25, 0.3) is 0 Å². The van der Waals surface area contributed by atoms with Gasteiger partial charge >= 0.3 is 0 Å². The maximum absolute atomic E-state index is 9.40. The van der Waals surface area contributed by atoms with E-state index in [1.54, 1.807) is 0 Å². The molecule has 18 heavy (non-hydrogen) atoms. The van der Waals surface area contributed by atoms with E-state index in [1.807, 2.05) is 6.92 Å². The zero-order chi connectivity index (χ0) is 14.1. The minimum Gasteiger partial charge on any atom is -0.303 e. The van der Waals surface area contributed by atoms with E-state index < -0.39 is 0 Å². The highest BCUT2D eigenvalue weighted by Gasteiger charge is 2.01. The first kappa shape index (κ1) is 20.0. The minimum absolute atomic E-state index is 0.708. The van der Waals surface area contributed by atoms with Crippen molar-refractivity contribution in [2.45, 2.75) is 79.1 Å². The number of unbranched alkanes of at least 4 members (excludes halogenated alkanes) is 4. The van der Waals surface area contributed by atoms with Crippen molar-refractivity contribution in [3.05, 3.63) is 0 Å². The molecule has 0 unspecified atom stereocenters. The number of rotatable bonds is 11. The maximum Gasteiger partial charge on any atom is 0.119 e. The first-order valence-corrected chi connectivity index (χ1v) is 7.92. The van der Waals surface area contributed by atoms with Gasteiger partial charge in [-0.25, -0.2) is 0 Å². The van der Waals surface area contributed by atoms with E-state index in [-0.39, 0.29) is 0 Å². The Labute approximate surface area is 115 Å². The van der Waals surface area contributed by atoms with Gasteiger partial charge in [-0.1, -0.05) is 47.0 Å². The van der Waals surface area contributed by atoms with Crippen LogP contribution in [0.3, 0.4) is 0 Å². The van der Waals surface area contributed by atoms with Gasteiger partial charge in [0, 0.05) is 6.42 Å². The molecule has 0 saturated carbocycles. The molecule has 0 fully saturated rings. The van der Waals surface area contributed by atoms with Crippen molar-refractivity contribution in [2.24, 2.45) is 0 Å². The van der Waals surface area contributed by atoms with Crippen LogP contribution in [-0.4, -0.2) is 30.8 Å². The molecule has 0 spiro atoms. The minimum atomic E-state index is 0.708. The number of aldehydes is 1. The van der Waals surface area contributed by atoms with Crippen LogP contribution in [0, 0.1) is 0 Å². The van der Waals surface area contributed by atoms with Crippen LogP contribution in [0.15, 0.2) is 0 Å². The fourth-order valence-corrected chi connectivity index (χ4v) is 1.60. The second-order valence-electron chi connectivity index (χ2n) is 4.86. The largest absolute Gasteiger partial charge is 0.303 e. The molecule has 110 valence electrons. The quantitative estimate of drug-likeness (QED) is 0.501. The van der Waals surface area contributed by atoms with Crippen molar-refractivity contribution in [1.29, 1.82) is 0 Å². The van der Waals surface area contributed by atoms with E-state index in [1.165, 1.54) is 58.2 Å². The van der Waals surface area contributed by atoms with Crippen molar-refractivity contribution in [3.63, 3.8) is 0 Å². The summed E-state index contributed by atoms with van der Waals surface area (Å²) in [7, 11) is 0. The average molecular weight is 257 g/mol. The molecule has 0 aromatic rings. The molecule has 0 bridgehead atoms. The Kier molecular flexibility index (Phi) is 21.0. The highest BCUT2D eigenvalue weighted by molar-refractivity contribution is 5.48. The van der Waals surface area contributed by atoms with E-state index >= 15 is 0 Å². The van der Waals surface area contributed by atoms with Crippen LogP contribution in [-0.2, 0) is 4.79 Å². The Bertz CT molecular complexity index is 129. The molecule has 0 N–H and O–H groups in total. The third-order valence-corrected chi connectivity index (χ3v) is 2.89. The number of nitrogens with zero attached hydrogens (tertiary/aromatic N) is 1. The highest BCUT2D eigenvalue weighted by Crippen LogP contribution is 2.01. The molecule has 0 aromatic heterocycles. The van der Waals surface area contributed by atoms with Gasteiger partial charge in [-0.2, -0.15) is 0 Å². The molecule has 0 rings (SSSR count). The number of hydrogen-bond donors (Lipinski definition) is 0. The summed E-state index contributed by atoms with van der Waals surface area (Å²) < 4.78 is 0. The third kappa shape index (κ3) is 18.0. The van der Waals surface area contributed by atoms with Gasteiger partial charge in [-0.15, -0.1) is 0 Å². The lowest BCUT2D eigenvalue weighted by Crippen LogP contribution is -2.27. The summed E-state index contributed by atoms with van der Waals surface area (Å²) >= 11 is 0. The summed E-state index contributed by atoms with van der Waals surface area (Å²) in [6.07, 6.45) is 10.7. The van der Waals surface area contributed by atoms with E-state index in [9.17, 15) is 4.79 Å². The zero-order valence-corrected chi connectivity index (χ0v) is 13.2. The Morgan fingerprint density at radius 3 is 1.28 bits per heavy atom. The summed E-state index contributed by atoms with van der Waals surface area (Å²) in [5, 5.41) is 0. The van der Waals surface area contributed by atoms with Crippen LogP contribution in [0.1, 0.15) is 79.1 Å². The predicted molar refractivity (Wildman–Crippen MR) is 82.1 cm³/mol. The Hall–Kier alpha value is -0.370. The lowest BCUT2D eigenvalue weighted by molar-refractivity contribution is -0.107. The molecule has 2 nitrogen and oxygen atoms in total. The molecule has 0 saturated heterocycles. The van der Waals surface area contributed by atoms with E-state index in [0.29, 0.717) is 6.42 Å². The summed E-state index contributed by atoms with van der Waals surface area (Å²) in [5.74, 6) is 0. The molecule has 0 aliphatic carbocycles. The lowest BCUT2D eigenvalue weighted by Gasteiger charge is -2.21. The van der Waals surface area contributed by atoms with Crippen molar-refractivity contribution < 1.29 is 4.79 Å². The van der Waals surface area contributed by atoms with Crippen molar-refractivity contribution in [3.8, 4) is 0 Å². The molecule has 0 atom stereocenters. The molecule has 2 heteroatoms. The second-order valence-corrected chi connectivity index (χ2v) is 4.86. The summed E-state index contributed by atoms with van der Waals surface area (Å²) in [6.45, 7) is 12.8. The van der Waals surface area contributed by atoms with Crippen LogP contribution in [0.4, 0.5) is 0 Å². The van der Waals surface area contributed by atoms with Gasteiger partial charge in [0.1, 0.15) is 6.29 Å². The van der Waals surface area contributed by atoms with E-state index in [4.69, 9.17) is 0 Å². The highest BCUT2D eigenvalue weighted by atomic mass is 16.1. The van der Waals surface area contributed by atoms with Crippen molar-refractivity contribution in [2.75, 3.05) is 19.6 Å². The molecule has 0 radical (unpaired) electrons. The fourth-order valence-electron chi connectivity index (χ4n) is 1.60. The Morgan fingerprint density at radius 2 is 1.11 bits per heavy atom. The van der Waals surface area contributed by atoms with Crippen molar-refractivity contribution in [1.82, 2.24) is 4.90 Å². The van der Waals surface area contributed by atoms with Crippen LogP contribution < -0.4 is 0 Å². The summed E-state index contributed by atoms with van der Waals surface area (Å²) in [6, 6.07) is 0. The molecule has 0 aromatic carbocycles. The van der Waals surface area contributed by atoms with Crippen LogP contribution in [0.2, 0.25) is 0 Å². The number of carbonyl (C=O) groups excluding carboxylic acids is 1. The van der Waals surface area contributed by atoms with Gasteiger partial charge in [0.2, 0.25) is 0 Å². The van der Waals surface area contributed by atoms with E-state index in [0.717, 1.165) is 12.7 Å². The third-order valence-electron chi connectivity index (χ3n) is 2.89. The molecule has 0 aliphatic heterocycles. The monoisotopic (exact) mass is 257 g/mol. The van der Waals surface area contributed by atoms with Gasteiger partial charge in [-0.3, -0.25) is 0 Å². The fraction of sp³-hybridized carbons (Fsp3) is 0.938. The van der Waals surface area contributed by atoms with Gasteiger partial charge in [0.15, 0.2) is 0 Å². The lowest BCUT2D eigenvalue weighted by atomic mass is 10.2. The standard InChI is InChI=1S/C12H27N.C4H8O/c1-4-7-10-13(11-8-5-2)12-9-6-3;1-2-3-4-5/h4-12H2,1-3H3;4H,2-3H2,1H3. The normalized spacial score (nSPS) is 10.1. The summed E-state index contributed by atoms with van der Waals surface area (Å²) in [5.41, 5.74) is 0. The molecule has 0 aliphatic rings. The van der Waals surface area contributed by atoms with E-state index in [2.05, 4.69) is 25.7 Å². The van der Waals surface area contributed by atoms with Crippen LogP contribution in [0.25, 0.3) is 0 Å². The SMILES string of the molecule is CCCC=O.CCCCN(CCCC)CCCC. The number of hydrogen-bond acceptors (Lipinski definition) is 2.